The number of nitrogens with zero attached hydrogens (tertiary/aromatic N) is 2. The van der Waals surface area contributed by atoms with Gasteiger partial charge in [0, 0.05) is 25.7 Å². The summed E-state index contributed by atoms with van der Waals surface area (Å²) in [6.07, 6.45) is 2.45. The molecule has 0 amide bonds. The van der Waals surface area contributed by atoms with E-state index in [1.165, 1.54) is 12.8 Å². The molecule has 0 aromatic carbocycles. The van der Waals surface area contributed by atoms with E-state index in [4.69, 9.17) is 10.4 Å². The van der Waals surface area contributed by atoms with Crippen molar-refractivity contribution in [1.29, 1.82) is 5.26 Å². The van der Waals surface area contributed by atoms with Crippen LogP contribution in [-0.2, 0) is 0 Å². The van der Waals surface area contributed by atoms with E-state index >= 15 is 0 Å². The zero-order valence-corrected chi connectivity index (χ0v) is 9.45. The van der Waals surface area contributed by atoms with E-state index < -0.39 is 0 Å². The molecule has 2 N–H and O–H groups in total. The first kappa shape index (κ1) is 12.4. The molecular weight excluding hydrogens is 190 g/mol. The lowest BCUT2D eigenvalue weighted by Gasteiger charge is -2.25. The molecule has 1 saturated heterocycles. The van der Waals surface area contributed by atoms with Gasteiger partial charge >= 0.3 is 0 Å². The fourth-order valence-electron chi connectivity index (χ4n) is 2.05. The first-order valence-electron chi connectivity index (χ1n) is 5.72. The van der Waals surface area contributed by atoms with Crippen LogP contribution in [0.3, 0.4) is 0 Å². The molecule has 2 unspecified atom stereocenters. The van der Waals surface area contributed by atoms with Crippen molar-refractivity contribution in [1.82, 2.24) is 10.2 Å². The molecule has 0 saturated carbocycles. The Morgan fingerprint density at radius 3 is 3.00 bits per heavy atom. The monoisotopic (exact) mass is 211 g/mol. The molecule has 0 aromatic heterocycles. The largest absolute Gasteiger partial charge is 0.395 e. The molecule has 15 heavy (non-hydrogen) atoms. The fourth-order valence-corrected chi connectivity index (χ4v) is 2.05. The number of aliphatic hydroxyl groups excluding tert-OH is 1. The molecule has 1 aliphatic rings. The lowest BCUT2D eigenvalue weighted by Crippen LogP contribution is -2.40. The minimum atomic E-state index is 0.0398. The standard InChI is InChI=1S/C11H21N3O/c1-10(7-12)8-14(5-6-15)9-11-3-2-4-13-11/h10-11,13,15H,2-6,8-9H2,1H3. The van der Waals surface area contributed by atoms with Crippen molar-refractivity contribution in [2.24, 2.45) is 5.92 Å². The van der Waals surface area contributed by atoms with Gasteiger partial charge in [-0.3, -0.25) is 4.90 Å². The Hall–Kier alpha value is -0.630. The van der Waals surface area contributed by atoms with Gasteiger partial charge in [-0.2, -0.15) is 5.26 Å². The SMILES string of the molecule is CC(C#N)CN(CCO)CC1CCCN1. The molecule has 86 valence electrons. The van der Waals surface area contributed by atoms with E-state index in [9.17, 15) is 0 Å². The summed E-state index contributed by atoms with van der Waals surface area (Å²) < 4.78 is 0. The lowest BCUT2D eigenvalue weighted by molar-refractivity contribution is 0.176. The van der Waals surface area contributed by atoms with E-state index in [0.29, 0.717) is 12.6 Å². The number of hydrogen-bond acceptors (Lipinski definition) is 4. The van der Waals surface area contributed by atoms with E-state index in [0.717, 1.165) is 19.6 Å². The van der Waals surface area contributed by atoms with Crippen LogP contribution in [0.25, 0.3) is 0 Å². The summed E-state index contributed by atoms with van der Waals surface area (Å²) in [5.41, 5.74) is 0. The molecule has 1 aliphatic heterocycles. The fraction of sp³-hybridized carbons (Fsp3) is 0.909. The van der Waals surface area contributed by atoms with Gasteiger partial charge in [-0.25, -0.2) is 0 Å². The average molecular weight is 211 g/mol. The first-order chi connectivity index (χ1) is 7.26. The average Bonchev–Trinajstić information content (AvgIpc) is 2.70. The Bertz CT molecular complexity index is 208. The molecular formula is C11H21N3O. The van der Waals surface area contributed by atoms with Gasteiger partial charge < -0.3 is 10.4 Å². The summed E-state index contributed by atoms with van der Waals surface area (Å²) >= 11 is 0. The van der Waals surface area contributed by atoms with Crippen LogP contribution in [0.2, 0.25) is 0 Å². The summed E-state index contributed by atoms with van der Waals surface area (Å²) in [4.78, 5) is 2.18. The third-order valence-corrected chi connectivity index (χ3v) is 2.81. The summed E-state index contributed by atoms with van der Waals surface area (Å²) in [6, 6.07) is 2.78. The van der Waals surface area contributed by atoms with Crippen molar-refractivity contribution in [2.75, 3.05) is 32.8 Å². The maximum Gasteiger partial charge on any atom is 0.0666 e. The van der Waals surface area contributed by atoms with Gasteiger partial charge in [-0.05, 0) is 26.3 Å². The van der Waals surface area contributed by atoms with Crippen LogP contribution >= 0.6 is 0 Å². The number of nitrogens with one attached hydrogen (secondary N) is 1. The molecule has 4 heteroatoms. The number of aliphatic hydroxyl groups is 1. The smallest absolute Gasteiger partial charge is 0.0666 e. The minimum absolute atomic E-state index is 0.0398. The highest BCUT2D eigenvalue weighted by atomic mass is 16.3. The zero-order chi connectivity index (χ0) is 11.1. The molecule has 0 radical (unpaired) electrons. The van der Waals surface area contributed by atoms with Gasteiger partial charge in [0.25, 0.3) is 0 Å². The highest BCUT2D eigenvalue weighted by Crippen LogP contribution is 2.08. The molecule has 2 atom stereocenters. The van der Waals surface area contributed by atoms with Gasteiger partial charge in [0.1, 0.15) is 0 Å². The third-order valence-electron chi connectivity index (χ3n) is 2.81. The van der Waals surface area contributed by atoms with Gasteiger partial charge in [0.05, 0.1) is 18.6 Å². The molecule has 1 rings (SSSR count). The third kappa shape index (κ3) is 4.61. The van der Waals surface area contributed by atoms with Crippen molar-refractivity contribution >= 4 is 0 Å². The Balaban J connectivity index is 2.32. The Kier molecular flexibility index (Phi) is 5.62. The van der Waals surface area contributed by atoms with Gasteiger partial charge in [-0.15, -0.1) is 0 Å². The van der Waals surface area contributed by atoms with Crippen molar-refractivity contribution in [3.8, 4) is 6.07 Å². The number of rotatable bonds is 6. The topological polar surface area (TPSA) is 59.3 Å². The predicted octanol–water partition coefficient (Wildman–Crippen LogP) is 0.192. The van der Waals surface area contributed by atoms with Crippen LogP contribution in [0.15, 0.2) is 0 Å². The molecule has 0 aliphatic carbocycles. The Labute approximate surface area is 91.9 Å². The van der Waals surface area contributed by atoms with Crippen molar-refractivity contribution < 1.29 is 5.11 Å². The minimum Gasteiger partial charge on any atom is -0.395 e. The van der Waals surface area contributed by atoms with E-state index in [-0.39, 0.29) is 12.5 Å². The first-order valence-corrected chi connectivity index (χ1v) is 5.72. The van der Waals surface area contributed by atoms with Crippen LogP contribution in [0.5, 0.6) is 0 Å². The second-order valence-electron chi connectivity index (χ2n) is 4.31. The van der Waals surface area contributed by atoms with Crippen LogP contribution in [0.1, 0.15) is 19.8 Å². The summed E-state index contributed by atoms with van der Waals surface area (Å²) in [6.45, 7) is 5.58. The van der Waals surface area contributed by atoms with Crippen LogP contribution in [0.4, 0.5) is 0 Å². The van der Waals surface area contributed by atoms with Crippen LogP contribution in [-0.4, -0.2) is 48.8 Å². The summed E-state index contributed by atoms with van der Waals surface area (Å²) in [5, 5.41) is 21.1. The molecule has 1 heterocycles. The maximum atomic E-state index is 8.95. The van der Waals surface area contributed by atoms with Crippen molar-refractivity contribution in [2.45, 2.75) is 25.8 Å². The van der Waals surface area contributed by atoms with E-state index in [1.54, 1.807) is 0 Å². The predicted molar refractivity (Wildman–Crippen MR) is 59.3 cm³/mol. The quantitative estimate of drug-likeness (QED) is 0.658. The normalized spacial score (nSPS) is 22.9. The maximum absolute atomic E-state index is 8.95. The lowest BCUT2D eigenvalue weighted by atomic mass is 10.1. The number of hydrogen-bond donors (Lipinski definition) is 2. The van der Waals surface area contributed by atoms with Crippen LogP contribution in [0, 0.1) is 17.2 Å². The highest BCUT2D eigenvalue weighted by Gasteiger charge is 2.18. The highest BCUT2D eigenvalue weighted by molar-refractivity contribution is 4.84. The Morgan fingerprint density at radius 2 is 2.47 bits per heavy atom. The Morgan fingerprint density at radius 1 is 1.67 bits per heavy atom. The van der Waals surface area contributed by atoms with Gasteiger partial charge in [-0.1, -0.05) is 0 Å². The molecule has 0 aromatic rings. The second kappa shape index (κ2) is 6.78. The zero-order valence-electron chi connectivity index (χ0n) is 9.45. The van der Waals surface area contributed by atoms with Gasteiger partial charge in [0.15, 0.2) is 0 Å². The molecule has 4 nitrogen and oxygen atoms in total. The summed E-state index contributed by atoms with van der Waals surface area (Å²) in [7, 11) is 0. The number of nitriles is 1. The van der Waals surface area contributed by atoms with Gasteiger partial charge in [0.2, 0.25) is 0 Å². The second-order valence-corrected chi connectivity index (χ2v) is 4.31. The van der Waals surface area contributed by atoms with Crippen LogP contribution < -0.4 is 5.32 Å². The van der Waals surface area contributed by atoms with Crippen molar-refractivity contribution in [3.05, 3.63) is 0 Å². The molecule has 0 bridgehead atoms. The van der Waals surface area contributed by atoms with E-state index in [1.807, 2.05) is 6.92 Å². The molecule has 1 fully saturated rings. The summed E-state index contributed by atoms with van der Waals surface area (Å²) in [5.74, 6) is 0.0398. The van der Waals surface area contributed by atoms with Crippen molar-refractivity contribution in [3.63, 3.8) is 0 Å². The molecule has 0 spiro atoms. The van der Waals surface area contributed by atoms with E-state index in [2.05, 4.69) is 16.3 Å².